The molecule has 5 atom stereocenters. The van der Waals surface area contributed by atoms with Gasteiger partial charge in [0, 0.05) is 34.3 Å². The molecular formula is C16H24O10. The third-order valence-electron chi connectivity index (χ3n) is 3.28. The van der Waals surface area contributed by atoms with Crippen LogP contribution in [0.1, 0.15) is 34.6 Å². The Balaban J connectivity index is 3.22. The summed E-state index contributed by atoms with van der Waals surface area (Å²) in [6.07, 6.45) is -5.65. The Hall–Kier alpha value is -2.20. The number of hydrogen-bond donors (Lipinski definition) is 0. The molecule has 0 amide bonds. The van der Waals surface area contributed by atoms with E-state index in [1.807, 2.05) is 0 Å². The average molecular weight is 376 g/mol. The standard InChI is InChI=1S/C16H24O10/c1-6-21-16-15(25-11(5)20)14(24-10(4)19)13(23-9(3)18)12(26-16)7-22-8(2)17/h12-16H,6-7H2,1-5H3/t12-,13-,14+,15+,16+/m1/s1. The normalized spacial score (nSPS) is 28.0. The molecule has 0 N–H and O–H groups in total. The molecule has 0 spiro atoms. The van der Waals surface area contributed by atoms with Gasteiger partial charge in [-0.05, 0) is 6.92 Å². The summed E-state index contributed by atoms with van der Waals surface area (Å²) in [6.45, 7) is 6.29. The first kappa shape index (κ1) is 21.8. The van der Waals surface area contributed by atoms with Crippen LogP contribution >= 0.6 is 0 Å². The molecule has 1 aliphatic rings. The van der Waals surface area contributed by atoms with Crippen molar-refractivity contribution in [2.24, 2.45) is 0 Å². The van der Waals surface area contributed by atoms with Crippen molar-refractivity contribution in [3.05, 3.63) is 0 Å². The minimum absolute atomic E-state index is 0.202. The lowest BCUT2D eigenvalue weighted by molar-refractivity contribution is -0.307. The van der Waals surface area contributed by atoms with Crippen molar-refractivity contribution in [3.8, 4) is 0 Å². The van der Waals surface area contributed by atoms with Crippen LogP contribution in [-0.2, 0) is 47.6 Å². The third-order valence-corrected chi connectivity index (χ3v) is 3.28. The molecule has 148 valence electrons. The molecule has 10 heteroatoms. The van der Waals surface area contributed by atoms with Crippen LogP contribution in [0.5, 0.6) is 0 Å². The van der Waals surface area contributed by atoms with Crippen molar-refractivity contribution in [2.75, 3.05) is 13.2 Å². The summed E-state index contributed by atoms with van der Waals surface area (Å²) >= 11 is 0. The molecular weight excluding hydrogens is 352 g/mol. The van der Waals surface area contributed by atoms with Gasteiger partial charge in [0.25, 0.3) is 0 Å². The van der Waals surface area contributed by atoms with E-state index in [4.69, 9.17) is 28.4 Å². The van der Waals surface area contributed by atoms with Gasteiger partial charge in [0.1, 0.15) is 12.7 Å². The summed E-state index contributed by atoms with van der Waals surface area (Å²) in [5, 5.41) is 0. The maximum atomic E-state index is 11.5. The highest BCUT2D eigenvalue weighted by Crippen LogP contribution is 2.29. The molecule has 1 aliphatic heterocycles. The first-order valence-electron chi connectivity index (χ1n) is 8.07. The van der Waals surface area contributed by atoms with Crippen molar-refractivity contribution in [3.63, 3.8) is 0 Å². The van der Waals surface area contributed by atoms with Crippen LogP contribution in [0, 0.1) is 0 Å². The van der Waals surface area contributed by atoms with E-state index >= 15 is 0 Å². The smallest absolute Gasteiger partial charge is 0.303 e. The number of carbonyl (C=O) groups excluding carboxylic acids is 4. The van der Waals surface area contributed by atoms with E-state index in [2.05, 4.69) is 0 Å². The molecule has 26 heavy (non-hydrogen) atoms. The van der Waals surface area contributed by atoms with E-state index in [0.29, 0.717) is 0 Å². The van der Waals surface area contributed by atoms with Crippen molar-refractivity contribution in [1.82, 2.24) is 0 Å². The Morgan fingerprint density at radius 3 is 1.73 bits per heavy atom. The second-order valence-electron chi connectivity index (χ2n) is 5.52. The van der Waals surface area contributed by atoms with Crippen molar-refractivity contribution in [1.29, 1.82) is 0 Å². The Labute approximate surface area is 151 Å². The molecule has 0 saturated carbocycles. The molecule has 10 nitrogen and oxygen atoms in total. The summed E-state index contributed by atoms with van der Waals surface area (Å²) in [6, 6.07) is 0. The van der Waals surface area contributed by atoms with E-state index in [1.54, 1.807) is 6.92 Å². The second kappa shape index (κ2) is 10.1. The third kappa shape index (κ3) is 6.60. The zero-order chi connectivity index (χ0) is 19.9. The van der Waals surface area contributed by atoms with E-state index in [0.717, 1.165) is 13.8 Å². The van der Waals surface area contributed by atoms with Gasteiger partial charge in [0.15, 0.2) is 24.6 Å². The fourth-order valence-electron chi connectivity index (χ4n) is 2.49. The first-order chi connectivity index (χ1) is 12.1. The zero-order valence-corrected chi connectivity index (χ0v) is 15.4. The number of esters is 4. The fraction of sp³-hybridized carbons (Fsp3) is 0.750. The molecule has 0 aromatic heterocycles. The van der Waals surface area contributed by atoms with Crippen LogP contribution in [0.15, 0.2) is 0 Å². The zero-order valence-electron chi connectivity index (χ0n) is 15.4. The summed E-state index contributed by atoms with van der Waals surface area (Å²) in [5.74, 6) is -2.61. The van der Waals surface area contributed by atoms with E-state index in [1.165, 1.54) is 13.8 Å². The first-order valence-corrected chi connectivity index (χ1v) is 8.07. The molecule has 0 unspecified atom stereocenters. The number of carbonyl (C=O) groups is 4. The minimum atomic E-state index is -1.20. The van der Waals surface area contributed by atoms with Gasteiger partial charge in [0.2, 0.25) is 0 Å². The predicted octanol–water partition coefficient (Wildman–Crippen LogP) is 0.106. The highest BCUT2D eigenvalue weighted by molar-refractivity contribution is 5.68. The summed E-state index contributed by atoms with van der Waals surface area (Å²) in [4.78, 5) is 45.6. The van der Waals surface area contributed by atoms with Gasteiger partial charge >= 0.3 is 23.9 Å². The Morgan fingerprint density at radius 2 is 1.27 bits per heavy atom. The maximum Gasteiger partial charge on any atom is 0.303 e. The van der Waals surface area contributed by atoms with Gasteiger partial charge in [-0.2, -0.15) is 0 Å². The molecule has 0 aromatic carbocycles. The fourth-order valence-corrected chi connectivity index (χ4v) is 2.49. The van der Waals surface area contributed by atoms with Gasteiger partial charge < -0.3 is 28.4 Å². The van der Waals surface area contributed by atoms with Gasteiger partial charge in [0.05, 0.1) is 0 Å². The maximum absolute atomic E-state index is 11.5. The van der Waals surface area contributed by atoms with Crippen molar-refractivity contribution in [2.45, 2.75) is 65.3 Å². The van der Waals surface area contributed by atoms with Crippen LogP contribution in [0.4, 0.5) is 0 Å². The summed E-state index contributed by atoms with van der Waals surface area (Å²) in [7, 11) is 0. The van der Waals surface area contributed by atoms with Crippen LogP contribution in [0.3, 0.4) is 0 Å². The SMILES string of the molecule is CCO[C@H]1O[C@H](COC(C)=O)[C@@H](OC(C)=O)[C@H](OC(C)=O)[C@@H]1OC(C)=O. The van der Waals surface area contributed by atoms with Gasteiger partial charge in [-0.3, -0.25) is 19.2 Å². The van der Waals surface area contributed by atoms with Gasteiger partial charge in [-0.1, -0.05) is 0 Å². The highest BCUT2D eigenvalue weighted by Gasteiger charge is 2.52. The lowest BCUT2D eigenvalue weighted by Crippen LogP contribution is -2.62. The van der Waals surface area contributed by atoms with Crippen LogP contribution in [0.2, 0.25) is 0 Å². The number of rotatable bonds is 7. The minimum Gasteiger partial charge on any atom is -0.463 e. The van der Waals surface area contributed by atoms with E-state index < -0.39 is 54.6 Å². The molecule has 0 bridgehead atoms. The highest BCUT2D eigenvalue weighted by atomic mass is 16.7. The Kier molecular flexibility index (Phi) is 8.46. The molecule has 1 fully saturated rings. The second-order valence-corrected chi connectivity index (χ2v) is 5.52. The lowest BCUT2D eigenvalue weighted by Gasteiger charge is -2.43. The van der Waals surface area contributed by atoms with Crippen molar-refractivity contribution >= 4 is 23.9 Å². The Bertz CT molecular complexity index is 531. The van der Waals surface area contributed by atoms with Crippen LogP contribution < -0.4 is 0 Å². The molecule has 0 radical (unpaired) electrons. The van der Waals surface area contributed by atoms with Gasteiger partial charge in [-0.15, -0.1) is 0 Å². The largest absolute Gasteiger partial charge is 0.463 e. The van der Waals surface area contributed by atoms with Crippen molar-refractivity contribution < 1.29 is 47.6 Å². The quantitative estimate of drug-likeness (QED) is 0.446. The van der Waals surface area contributed by atoms with Gasteiger partial charge in [-0.25, -0.2) is 0 Å². The summed E-state index contributed by atoms with van der Waals surface area (Å²) in [5.41, 5.74) is 0. The molecule has 1 saturated heterocycles. The van der Waals surface area contributed by atoms with Crippen LogP contribution in [-0.4, -0.2) is 67.8 Å². The van der Waals surface area contributed by atoms with Crippen LogP contribution in [0.25, 0.3) is 0 Å². The number of ether oxygens (including phenoxy) is 6. The topological polar surface area (TPSA) is 124 Å². The predicted molar refractivity (Wildman–Crippen MR) is 83.6 cm³/mol. The Morgan fingerprint density at radius 1 is 0.769 bits per heavy atom. The number of hydrogen-bond acceptors (Lipinski definition) is 10. The molecule has 1 rings (SSSR count). The van der Waals surface area contributed by atoms with E-state index in [9.17, 15) is 19.2 Å². The van der Waals surface area contributed by atoms with E-state index in [-0.39, 0.29) is 13.2 Å². The average Bonchev–Trinajstić information content (AvgIpc) is 2.50. The monoisotopic (exact) mass is 376 g/mol. The molecule has 0 aliphatic carbocycles. The lowest BCUT2D eigenvalue weighted by atomic mass is 9.98. The summed E-state index contributed by atoms with van der Waals surface area (Å²) < 4.78 is 31.7. The molecule has 1 heterocycles. The molecule has 0 aromatic rings.